The third-order valence-corrected chi connectivity index (χ3v) is 6.65. The molecule has 26 heavy (non-hydrogen) atoms. The van der Waals surface area contributed by atoms with Crippen molar-refractivity contribution in [2.75, 3.05) is 0 Å². The van der Waals surface area contributed by atoms with Crippen LogP contribution in [0, 0.1) is 5.92 Å². The summed E-state index contributed by atoms with van der Waals surface area (Å²) in [6, 6.07) is 10.0. The summed E-state index contributed by atoms with van der Waals surface area (Å²) in [5.74, 6) is -1.61. The molecule has 138 valence electrons. The number of carboxylic acid groups (broad SMARTS) is 1. The first-order valence-electron chi connectivity index (χ1n) is 9.08. The SMILES string of the molecule is O=C(O)[C@@H](CC(=O)C1(S)CCCCC1)Cc1ccc(-c2ccsc2)cc1. The molecule has 5 heteroatoms. The molecule has 0 radical (unpaired) electrons. The van der Waals surface area contributed by atoms with E-state index in [0.29, 0.717) is 6.42 Å². The molecule has 0 unspecified atom stereocenters. The van der Waals surface area contributed by atoms with Gasteiger partial charge in [0.25, 0.3) is 0 Å². The highest BCUT2D eigenvalue weighted by Crippen LogP contribution is 2.36. The van der Waals surface area contributed by atoms with Gasteiger partial charge in [-0.15, -0.1) is 0 Å². The van der Waals surface area contributed by atoms with E-state index in [1.54, 1.807) is 11.3 Å². The Morgan fingerprint density at radius 1 is 1.08 bits per heavy atom. The first kappa shape index (κ1) is 19.2. The van der Waals surface area contributed by atoms with Gasteiger partial charge < -0.3 is 5.11 Å². The van der Waals surface area contributed by atoms with Crippen molar-refractivity contribution in [3.63, 3.8) is 0 Å². The van der Waals surface area contributed by atoms with E-state index in [1.165, 1.54) is 5.56 Å². The zero-order chi connectivity index (χ0) is 18.6. The summed E-state index contributed by atoms with van der Waals surface area (Å²) in [6.07, 6.45) is 5.08. The first-order chi connectivity index (χ1) is 12.5. The van der Waals surface area contributed by atoms with Gasteiger partial charge in [-0.05, 0) is 52.8 Å². The number of hydrogen-bond donors (Lipinski definition) is 2. The highest BCUT2D eigenvalue weighted by molar-refractivity contribution is 7.82. The van der Waals surface area contributed by atoms with Crippen LogP contribution in [0.1, 0.15) is 44.1 Å². The maximum Gasteiger partial charge on any atom is 0.307 e. The van der Waals surface area contributed by atoms with Gasteiger partial charge in [-0.2, -0.15) is 24.0 Å². The van der Waals surface area contributed by atoms with Crippen molar-refractivity contribution in [3.8, 4) is 11.1 Å². The maximum atomic E-state index is 12.7. The lowest BCUT2D eigenvalue weighted by Crippen LogP contribution is -2.37. The Bertz CT molecular complexity index is 744. The van der Waals surface area contributed by atoms with Crippen LogP contribution in [-0.4, -0.2) is 21.6 Å². The van der Waals surface area contributed by atoms with Crippen molar-refractivity contribution in [1.82, 2.24) is 0 Å². The second-order valence-electron chi connectivity index (χ2n) is 7.17. The first-order valence-corrected chi connectivity index (χ1v) is 10.5. The molecule has 1 heterocycles. The fourth-order valence-corrected chi connectivity index (χ4v) is 4.70. The van der Waals surface area contributed by atoms with E-state index in [0.717, 1.165) is 43.2 Å². The normalized spacial score (nSPS) is 17.6. The minimum Gasteiger partial charge on any atom is -0.481 e. The highest BCUT2D eigenvalue weighted by Gasteiger charge is 2.37. The van der Waals surface area contributed by atoms with Gasteiger partial charge >= 0.3 is 5.97 Å². The second kappa shape index (κ2) is 8.40. The number of carbonyl (C=O) groups excluding carboxylic acids is 1. The lowest BCUT2D eigenvalue weighted by Gasteiger charge is -2.31. The minimum atomic E-state index is -0.909. The Balaban J connectivity index is 1.66. The van der Waals surface area contributed by atoms with E-state index in [9.17, 15) is 14.7 Å². The van der Waals surface area contributed by atoms with Crippen LogP contribution in [-0.2, 0) is 16.0 Å². The van der Waals surface area contributed by atoms with Crippen molar-refractivity contribution in [1.29, 1.82) is 0 Å². The monoisotopic (exact) mass is 388 g/mol. The van der Waals surface area contributed by atoms with E-state index < -0.39 is 16.6 Å². The van der Waals surface area contributed by atoms with Gasteiger partial charge in [0.15, 0.2) is 0 Å². The molecular formula is C21H24O3S2. The molecule has 1 aromatic carbocycles. The summed E-state index contributed by atoms with van der Waals surface area (Å²) in [4.78, 5) is 24.4. The van der Waals surface area contributed by atoms with Crippen LogP contribution in [0.4, 0.5) is 0 Å². The fraction of sp³-hybridized carbons (Fsp3) is 0.429. The quantitative estimate of drug-likeness (QED) is 0.637. The van der Waals surface area contributed by atoms with Crippen LogP contribution in [0.5, 0.6) is 0 Å². The smallest absolute Gasteiger partial charge is 0.307 e. The second-order valence-corrected chi connectivity index (χ2v) is 8.80. The Kier molecular flexibility index (Phi) is 6.20. The minimum absolute atomic E-state index is 0.0113. The van der Waals surface area contributed by atoms with Gasteiger partial charge in [0.05, 0.1) is 10.7 Å². The summed E-state index contributed by atoms with van der Waals surface area (Å²) in [6.45, 7) is 0. The Labute approximate surface area is 163 Å². The predicted octanol–water partition coefficient (Wildman–Crippen LogP) is 5.25. The lowest BCUT2D eigenvalue weighted by molar-refractivity contribution is -0.144. The molecular weight excluding hydrogens is 364 g/mol. The predicted molar refractivity (Wildman–Crippen MR) is 109 cm³/mol. The van der Waals surface area contributed by atoms with E-state index >= 15 is 0 Å². The van der Waals surface area contributed by atoms with Crippen molar-refractivity contribution in [2.24, 2.45) is 5.92 Å². The average Bonchev–Trinajstić information content (AvgIpc) is 3.17. The number of carbonyl (C=O) groups is 2. The van der Waals surface area contributed by atoms with Gasteiger partial charge in [-0.3, -0.25) is 9.59 Å². The molecule has 1 saturated carbocycles. The molecule has 1 aliphatic rings. The highest BCUT2D eigenvalue weighted by atomic mass is 32.1. The van der Waals surface area contributed by atoms with Crippen molar-refractivity contribution < 1.29 is 14.7 Å². The Morgan fingerprint density at radius 3 is 2.35 bits per heavy atom. The molecule has 3 rings (SSSR count). The Morgan fingerprint density at radius 2 is 1.77 bits per heavy atom. The number of thiophene rings is 1. The largest absolute Gasteiger partial charge is 0.481 e. The van der Waals surface area contributed by atoms with Gasteiger partial charge in [0.2, 0.25) is 0 Å². The van der Waals surface area contributed by atoms with E-state index in [2.05, 4.69) is 24.1 Å². The lowest BCUT2D eigenvalue weighted by atomic mass is 9.81. The van der Waals surface area contributed by atoms with E-state index in [-0.39, 0.29) is 12.2 Å². The van der Waals surface area contributed by atoms with Gasteiger partial charge in [-0.1, -0.05) is 43.5 Å². The van der Waals surface area contributed by atoms with E-state index in [4.69, 9.17) is 0 Å². The van der Waals surface area contributed by atoms with Gasteiger partial charge in [0, 0.05) is 6.42 Å². The molecule has 0 bridgehead atoms. The molecule has 0 spiro atoms. The number of rotatable bonds is 7. The third kappa shape index (κ3) is 4.57. The zero-order valence-electron chi connectivity index (χ0n) is 14.7. The standard InChI is InChI=1S/C21H24O3S2/c22-19(21(25)9-2-1-3-10-21)13-18(20(23)24)12-15-4-6-16(7-5-15)17-8-11-26-14-17/h4-8,11,14,18,25H,1-3,9-10,12-13H2,(H,23,24)/t18-/m1/s1. The summed E-state index contributed by atoms with van der Waals surface area (Å²) in [5, 5.41) is 13.7. The maximum absolute atomic E-state index is 12.7. The molecule has 1 N–H and O–H groups in total. The topological polar surface area (TPSA) is 54.4 Å². The summed E-state index contributed by atoms with van der Waals surface area (Å²) in [7, 11) is 0. The summed E-state index contributed by atoms with van der Waals surface area (Å²) in [5.41, 5.74) is 3.23. The van der Waals surface area contributed by atoms with Crippen molar-refractivity contribution in [2.45, 2.75) is 49.7 Å². The molecule has 0 aliphatic heterocycles. The Hall–Kier alpha value is -1.59. The number of hydrogen-bond acceptors (Lipinski definition) is 4. The number of Topliss-reactive ketones (excluding diaryl/α,β-unsaturated/α-hetero) is 1. The molecule has 1 atom stereocenters. The summed E-state index contributed by atoms with van der Waals surface area (Å²) < 4.78 is -0.630. The third-order valence-electron chi connectivity index (χ3n) is 5.27. The van der Waals surface area contributed by atoms with Crippen LogP contribution in [0.15, 0.2) is 41.1 Å². The van der Waals surface area contributed by atoms with Crippen LogP contribution < -0.4 is 0 Å². The number of thiol groups is 1. The van der Waals surface area contributed by atoms with E-state index in [1.807, 2.05) is 29.6 Å². The van der Waals surface area contributed by atoms with Crippen LogP contribution in [0.25, 0.3) is 11.1 Å². The molecule has 1 aromatic heterocycles. The van der Waals surface area contributed by atoms with Crippen molar-refractivity contribution in [3.05, 3.63) is 46.7 Å². The van der Waals surface area contributed by atoms with Gasteiger partial charge in [0.1, 0.15) is 5.78 Å². The molecule has 1 aliphatic carbocycles. The summed E-state index contributed by atoms with van der Waals surface area (Å²) >= 11 is 6.27. The van der Waals surface area contributed by atoms with Crippen molar-refractivity contribution >= 4 is 35.7 Å². The average molecular weight is 389 g/mol. The molecule has 1 fully saturated rings. The van der Waals surface area contributed by atoms with Crippen LogP contribution >= 0.6 is 24.0 Å². The number of aliphatic carboxylic acids is 1. The zero-order valence-corrected chi connectivity index (χ0v) is 16.4. The van der Waals surface area contributed by atoms with Gasteiger partial charge in [-0.25, -0.2) is 0 Å². The fourth-order valence-electron chi connectivity index (χ4n) is 3.62. The molecule has 0 amide bonds. The number of ketones is 1. The molecule has 0 saturated heterocycles. The number of benzene rings is 1. The molecule has 2 aromatic rings. The number of carboxylic acids is 1. The van der Waals surface area contributed by atoms with Crippen LogP contribution in [0.3, 0.4) is 0 Å². The molecule has 3 nitrogen and oxygen atoms in total. The van der Waals surface area contributed by atoms with Crippen LogP contribution in [0.2, 0.25) is 0 Å².